The fourth-order valence-corrected chi connectivity index (χ4v) is 2.25. The lowest BCUT2D eigenvalue weighted by Crippen LogP contribution is -2.06. The molecule has 0 amide bonds. The van der Waals surface area contributed by atoms with E-state index in [1.807, 2.05) is 0 Å². The maximum absolute atomic E-state index is 11.9. The van der Waals surface area contributed by atoms with Crippen molar-refractivity contribution in [2.45, 2.75) is 23.9 Å². The highest BCUT2D eigenvalue weighted by Crippen LogP contribution is 2.31. The first kappa shape index (κ1) is 15.1. The van der Waals surface area contributed by atoms with Crippen molar-refractivity contribution in [2.24, 2.45) is 0 Å². The summed E-state index contributed by atoms with van der Waals surface area (Å²) in [5.74, 6) is 0.248. The van der Waals surface area contributed by atoms with E-state index in [9.17, 15) is 23.3 Å². The number of hydrogen-bond acceptors (Lipinski definition) is 3. The van der Waals surface area contributed by atoms with Gasteiger partial charge in [-0.1, -0.05) is 11.6 Å². The highest BCUT2D eigenvalue weighted by atomic mass is 35.5. The minimum Gasteiger partial charge on any atom is -0.258 e. The Bertz CT molecular complexity index is 440. The van der Waals surface area contributed by atoms with Crippen LogP contribution in [0, 0.1) is 10.1 Å². The summed E-state index contributed by atoms with van der Waals surface area (Å²) in [4.78, 5) is 10.5. The molecule has 100 valence electrons. The highest BCUT2D eigenvalue weighted by Gasteiger charge is 2.25. The van der Waals surface area contributed by atoms with Crippen molar-refractivity contribution >= 4 is 29.1 Å². The quantitative estimate of drug-likeness (QED) is 0.343. The van der Waals surface area contributed by atoms with E-state index in [1.54, 1.807) is 6.07 Å². The predicted octanol–water partition coefficient (Wildman–Crippen LogP) is 4.68. The Kier molecular flexibility index (Phi) is 5.28. The van der Waals surface area contributed by atoms with Crippen LogP contribution in [-0.4, -0.2) is 16.9 Å². The van der Waals surface area contributed by atoms with Gasteiger partial charge in [0.2, 0.25) is 0 Å². The summed E-state index contributed by atoms with van der Waals surface area (Å²) >= 11 is 6.75. The monoisotopic (exact) mass is 299 g/mol. The van der Waals surface area contributed by atoms with E-state index in [0.717, 1.165) is 11.8 Å². The fourth-order valence-electron chi connectivity index (χ4n) is 1.18. The molecule has 0 unspecified atom stereocenters. The first-order chi connectivity index (χ1) is 8.29. The molecule has 8 heteroatoms. The lowest BCUT2D eigenvalue weighted by Gasteiger charge is -2.05. The van der Waals surface area contributed by atoms with Crippen LogP contribution in [0.1, 0.15) is 12.8 Å². The largest absolute Gasteiger partial charge is 0.389 e. The van der Waals surface area contributed by atoms with Gasteiger partial charge in [-0.15, -0.1) is 11.8 Å². The number of thioether (sulfide) groups is 1. The molecule has 0 radical (unpaired) electrons. The average molecular weight is 300 g/mol. The summed E-state index contributed by atoms with van der Waals surface area (Å²) in [6.45, 7) is 0. The molecule has 0 saturated carbocycles. The van der Waals surface area contributed by atoms with Crippen molar-refractivity contribution in [3.05, 3.63) is 33.3 Å². The van der Waals surface area contributed by atoms with Gasteiger partial charge in [-0.25, -0.2) is 0 Å². The number of nitro groups is 1. The van der Waals surface area contributed by atoms with E-state index in [1.165, 1.54) is 12.1 Å². The summed E-state index contributed by atoms with van der Waals surface area (Å²) in [5, 5.41) is 10.6. The number of nitro benzene ring substituents is 1. The second kappa shape index (κ2) is 6.29. The van der Waals surface area contributed by atoms with Gasteiger partial charge in [-0.05, 0) is 24.3 Å². The van der Waals surface area contributed by atoms with Gasteiger partial charge in [0.25, 0.3) is 5.69 Å². The normalized spacial score (nSPS) is 11.6. The molecule has 0 saturated heterocycles. The van der Waals surface area contributed by atoms with Crippen molar-refractivity contribution in [3.8, 4) is 0 Å². The van der Waals surface area contributed by atoms with Crippen LogP contribution in [0.2, 0.25) is 5.02 Å². The van der Waals surface area contributed by atoms with Crippen molar-refractivity contribution in [2.75, 3.05) is 5.75 Å². The first-order valence-corrected chi connectivity index (χ1v) is 6.29. The van der Waals surface area contributed by atoms with Crippen LogP contribution in [0.5, 0.6) is 0 Å². The van der Waals surface area contributed by atoms with Crippen LogP contribution in [0.25, 0.3) is 0 Å². The minimum absolute atomic E-state index is 0.0136. The zero-order valence-corrected chi connectivity index (χ0v) is 10.6. The van der Waals surface area contributed by atoms with Gasteiger partial charge in [-0.2, -0.15) is 13.2 Å². The Morgan fingerprint density at radius 3 is 2.61 bits per heavy atom. The second-order valence-electron chi connectivity index (χ2n) is 3.44. The molecule has 0 heterocycles. The first-order valence-electron chi connectivity index (χ1n) is 4.93. The summed E-state index contributed by atoms with van der Waals surface area (Å²) < 4.78 is 35.7. The number of rotatable bonds is 5. The Balaban J connectivity index is 2.53. The van der Waals surface area contributed by atoms with Crippen molar-refractivity contribution in [1.82, 2.24) is 0 Å². The van der Waals surface area contributed by atoms with Crippen LogP contribution in [0.3, 0.4) is 0 Å². The van der Waals surface area contributed by atoms with Gasteiger partial charge in [0.15, 0.2) is 0 Å². The lowest BCUT2D eigenvalue weighted by molar-refractivity contribution is -0.384. The summed E-state index contributed by atoms with van der Waals surface area (Å²) in [6.07, 6.45) is -5.03. The number of benzene rings is 1. The smallest absolute Gasteiger partial charge is 0.258 e. The Morgan fingerprint density at radius 1 is 1.39 bits per heavy atom. The molecule has 0 bridgehead atoms. The van der Waals surface area contributed by atoms with Gasteiger partial charge < -0.3 is 0 Å². The summed E-state index contributed by atoms with van der Waals surface area (Å²) in [5.41, 5.74) is -0.238. The molecule has 1 rings (SSSR count). The van der Waals surface area contributed by atoms with Gasteiger partial charge in [0.05, 0.1) is 4.92 Å². The van der Waals surface area contributed by atoms with Crippen molar-refractivity contribution in [3.63, 3.8) is 0 Å². The van der Waals surface area contributed by atoms with Crippen LogP contribution in [0.4, 0.5) is 18.9 Å². The van der Waals surface area contributed by atoms with Crippen molar-refractivity contribution < 1.29 is 18.1 Å². The summed E-state index contributed by atoms with van der Waals surface area (Å²) in [6, 6.07) is 4.18. The third kappa shape index (κ3) is 5.14. The molecule has 3 nitrogen and oxygen atoms in total. The average Bonchev–Trinajstić information content (AvgIpc) is 2.24. The minimum atomic E-state index is -4.16. The molecule has 0 aromatic heterocycles. The molecule has 1 aromatic rings. The van der Waals surface area contributed by atoms with E-state index in [2.05, 4.69) is 0 Å². The Hall–Kier alpha value is -0.950. The predicted molar refractivity (Wildman–Crippen MR) is 64.1 cm³/mol. The van der Waals surface area contributed by atoms with E-state index >= 15 is 0 Å². The molecule has 0 fully saturated rings. The molecular formula is C10H9ClF3NO2S. The second-order valence-corrected chi connectivity index (χ2v) is 5.01. The zero-order chi connectivity index (χ0) is 13.8. The third-order valence-corrected chi connectivity index (χ3v) is 3.39. The molecule has 1 aromatic carbocycles. The van der Waals surface area contributed by atoms with Gasteiger partial charge in [-0.3, -0.25) is 10.1 Å². The lowest BCUT2D eigenvalue weighted by atomic mass is 10.3. The maximum Gasteiger partial charge on any atom is 0.389 e. The number of nitrogens with zero attached hydrogens (tertiary/aromatic N) is 1. The number of halogens is 4. The Labute approximate surface area is 110 Å². The van der Waals surface area contributed by atoms with Crippen LogP contribution < -0.4 is 0 Å². The molecule has 0 N–H and O–H groups in total. The Morgan fingerprint density at radius 2 is 2.06 bits per heavy atom. The van der Waals surface area contributed by atoms with E-state index in [0.29, 0.717) is 4.90 Å². The van der Waals surface area contributed by atoms with E-state index < -0.39 is 17.5 Å². The van der Waals surface area contributed by atoms with Gasteiger partial charge in [0.1, 0.15) is 5.02 Å². The molecule has 18 heavy (non-hydrogen) atoms. The molecule has 0 aliphatic carbocycles. The number of hydrogen-bond donors (Lipinski definition) is 0. The molecule has 0 aliphatic rings. The SMILES string of the molecule is O=[N+]([O-])c1cc(SCCCC(F)(F)F)ccc1Cl. The third-order valence-electron chi connectivity index (χ3n) is 1.99. The topological polar surface area (TPSA) is 43.1 Å². The maximum atomic E-state index is 11.9. The molecule has 0 aliphatic heterocycles. The molecular weight excluding hydrogens is 291 g/mol. The van der Waals surface area contributed by atoms with Crippen LogP contribution >= 0.6 is 23.4 Å². The van der Waals surface area contributed by atoms with Crippen molar-refractivity contribution in [1.29, 1.82) is 0 Å². The molecule has 0 spiro atoms. The van der Waals surface area contributed by atoms with Gasteiger partial charge >= 0.3 is 6.18 Å². The highest BCUT2D eigenvalue weighted by molar-refractivity contribution is 7.99. The van der Waals surface area contributed by atoms with Crippen LogP contribution in [-0.2, 0) is 0 Å². The summed E-state index contributed by atoms with van der Waals surface area (Å²) in [7, 11) is 0. The fraction of sp³-hybridized carbons (Fsp3) is 0.400. The number of alkyl halides is 3. The van der Waals surface area contributed by atoms with Crippen LogP contribution in [0.15, 0.2) is 23.1 Å². The van der Waals surface area contributed by atoms with Gasteiger partial charge in [0, 0.05) is 17.4 Å². The standard InChI is InChI=1S/C10H9ClF3NO2S/c11-8-3-2-7(6-9(8)15(16)17)18-5-1-4-10(12,13)14/h2-3,6H,1,4-5H2. The van der Waals surface area contributed by atoms with E-state index in [-0.39, 0.29) is 22.9 Å². The van der Waals surface area contributed by atoms with E-state index in [4.69, 9.17) is 11.6 Å². The molecule has 0 atom stereocenters. The zero-order valence-electron chi connectivity index (χ0n) is 9.04.